The molecule has 156 valence electrons. The van der Waals surface area contributed by atoms with E-state index >= 15 is 0 Å². The number of carbonyl (C=O) groups excluding carboxylic acids is 1. The normalized spacial score (nSPS) is 16.7. The van der Waals surface area contributed by atoms with E-state index in [2.05, 4.69) is 4.98 Å². The van der Waals surface area contributed by atoms with E-state index in [1.807, 2.05) is 0 Å². The van der Waals surface area contributed by atoms with Crippen LogP contribution >= 0.6 is 11.6 Å². The van der Waals surface area contributed by atoms with Crippen LogP contribution in [-0.2, 0) is 12.6 Å². The van der Waals surface area contributed by atoms with Crippen molar-refractivity contribution in [3.8, 4) is 0 Å². The summed E-state index contributed by atoms with van der Waals surface area (Å²) < 4.78 is 52.9. The van der Waals surface area contributed by atoms with Crippen LogP contribution in [0.4, 0.5) is 17.6 Å². The number of hydrogen-bond donors (Lipinski definition) is 1. The van der Waals surface area contributed by atoms with E-state index in [1.165, 1.54) is 29.3 Å². The highest BCUT2D eigenvalue weighted by Gasteiger charge is 2.38. The van der Waals surface area contributed by atoms with Crippen LogP contribution < -0.4 is 5.73 Å². The van der Waals surface area contributed by atoms with Crippen LogP contribution in [0.25, 0.3) is 0 Å². The molecule has 0 bridgehead atoms. The van der Waals surface area contributed by atoms with E-state index in [0.717, 1.165) is 12.1 Å². The lowest BCUT2D eigenvalue weighted by Crippen LogP contribution is -2.44. The van der Waals surface area contributed by atoms with Crippen LogP contribution in [0, 0.1) is 11.7 Å². The van der Waals surface area contributed by atoms with E-state index in [9.17, 15) is 22.4 Å². The van der Waals surface area contributed by atoms with Crippen molar-refractivity contribution in [2.75, 3.05) is 13.1 Å². The lowest BCUT2D eigenvalue weighted by atomic mass is 9.86. The SMILES string of the molecule is N[C@H](Cc1cc(F)ccc1Cl)C1CCN(C(=O)c2ncccc2C(F)(F)F)CC1. The zero-order valence-electron chi connectivity index (χ0n) is 15.4. The Kier molecular flexibility index (Phi) is 6.43. The molecule has 1 saturated heterocycles. The van der Waals surface area contributed by atoms with Gasteiger partial charge in [-0.1, -0.05) is 11.6 Å². The van der Waals surface area contributed by atoms with Gasteiger partial charge in [0, 0.05) is 30.4 Å². The molecule has 2 aromatic rings. The molecular formula is C20H20ClF4N3O. The van der Waals surface area contributed by atoms with E-state index in [0.29, 0.717) is 29.8 Å². The molecule has 1 atom stereocenters. The predicted octanol–water partition coefficient (Wildman–Crippen LogP) is 4.32. The molecule has 1 aliphatic heterocycles. The molecule has 0 unspecified atom stereocenters. The summed E-state index contributed by atoms with van der Waals surface area (Å²) in [5.74, 6) is -1.09. The zero-order valence-corrected chi connectivity index (χ0v) is 16.2. The maximum Gasteiger partial charge on any atom is 0.418 e. The minimum absolute atomic E-state index is 0.0456. The third kappa shape index (κ3) is 5.05. The number of piperidine rings is 1. The smallest absolute Gasteiger partial charge is 0.337 e. The maximum absolute atomic E-state index is 13.4. The van der Waals surface area contributed by atoms with Gasteiger partial charge in [0.05, 0.1) is 5.56 Å². The fourth-order valence-electron chi connectivity index (χ4n) is 3.61. The minimum Gasteiger partial charge on any atom is -0.337 e. The van der Waals surface area contributed by atoms with Gasteiger partial charge in [-0.2, -0.15) is 13.2 Å². The summed E-state index contributed by atoms with van der Waals surface area (Å²) in [6.45, 7) is 0.559. The summed E-state index contributed by atoms with van der Waals surface area (Å²) in [7, 11) is 0. The van der Waals surface area contributed by atoms with Gasteiger partial charge in [-0.3, -0.25) is 9.78 Å². The van der Waals surface area contributed by atoms with Gasteiger partial charge in [0.2, 0.25) is 0 Å². The fourth-order valence-corrected chi connectivity index (χ4v) is 3.80. The molecule has 2 heterocycles. The van der Waals surface area contributed by atoms with E-state index in [4.69, 9.17) is 17.3 Å². The van der Waals surface area contributed by atoms with Crippen molar-refractivity contribution in [2.24, 2.45) is 11.7 Å². The Morgan fingerprint density at radius 1 is 1.28 bits per heavy atom. The molecule has 1 aromatic carbocycles. The van der Waals surface area contributed by atoms with E-state index < -0.39 is 29.2 Å². The number of hydrogen-bond acceptors (Lipinski definition) is 3. The topological polar surface area (TPSA) is 59.2 Å². The van der Waals surface area contributed by atoms with Crippen LogP contribution in [-0.4, -0.2) is 34.9 Å². The summed E-state index contributed by atoms with van der Waals surface area (Å²) in [5.41, 5.74) is 5.25. The molecule has 3 rings (SSSR count). The Balaban J connectivity index is 1.63. The first-order valence-corrected chi connectivity index (χ1v) is 9.55. The van der Waals surface area contributed by atoms with Gasteiger partial charge in [0.15, 0.2) is 0 Å². The monoisotopic (exact) mass is 429 g/mol. The van der Waals surface area contributed by atoms with Crippen molar-refractivity contribution in [1.82, 2.24) is 9.88 Å². The molecule has 1 aliphatic rings. The number of carbonyl (C=O) groups is 1. The number of pyridine rings is 1. The first kappa shape index (κ1) is 21.5. The van der Waals surface area contributed by atoms with Crippen molar-refractivity contribution >= 4 is 17.5 Å². The van der Waals surface area contributed by atoms with Gasteiger partial charge in [-0.15, -0.1) is 0 Å². The second-order valence-corrected chi connectivity index (χ2v) is 7.54. The molecule has 1 fully saturated rings. The Morgan fingerprint density at radius 2 is 1.97 bits per heavy atom. The number of amides is 1. The molecule has 0 aliphatic carbocycles. The molecule has 1 amide bonds. The first-order chi connectivity index (χ1) is 13.7. The Hall–Kier alpha value is -2.19. The number of alkyl halides is 3. The van der Waals surface area contributed by atoms with Crippen molar-refractivity contribution in [1.29, 1.82) is 0 Å². The Morgan fingerprint density at radius 3 is 2.62 bits per heavy atom. The average Bonchev–Trinajstić information content (AvgIpc) is 2.69. The van der Waals surface area contributed by atoms with Crippen molar-refractivity contribution in [3.63, 3.8) is 0 Å². The molecule has 0 radical (unpaired) electrons. The second-order valence-electron chi connectivity index (χ2n) is 7.13. The minimum atomic E-state index is -4.65. The highest BCUT2D eigenvalue weighted by Crippen LogP contribution is 2.32. The van der Waals surface area contributed by atoms with Gasteiger partial charge in [-0.05, 0) is 61.1 Å². The summed E-state index contributed by atoms with van der Waals surface area (Å²) in [6, 6.07) is 5.81. The number of aromatic nitrogens is 1. The van der Waals surface area contributed by atoms with Crippen LogP contribution in [0.3, 0.4) is 0 Å². The van der Waals surface area contributed by atoms with Gasteiger partial charge in [-0.25, -0.2) is 4.39 Å². The van der Waals surface area contributed by atoms with E-state index in [-0.39, 0.29) is 25.0 Å². The van der Waals surface area contributed by atoms with Gasteiger partial charge in [0.25, 0.3) is 5.91 Å². The third-order valence-corrected chi connectivity index (χ3v) is 5.58. The van der Waals surface area contributed by atoms with Gasteiger partial charge < -0.3 is 10.6 Å². The first-order valence-electron chi connectivity index (χ1n) is 9.18. The molecule has 4 nitrogen and oxygen atoms in total. The number of likely N-dealkylation sites (tertiary alicyclic amines) is 1. The van der Waals surface area contributed by atoms with Crippen LogP contribution in [0.1, 0.15) is 34.5 Å². The standard InChI is InChI=1S/C20H20ClF4N3O/c21-16-4-3-14(22)10-13(16)11-17(26)12-5-8-28(9-6-12)19(29)18-15(20(23,24)25)2-1-7-27-18/h1-4,7,10,12,17H,5-6,8-9,11,26H2/t17-/m1/s1. The van der Waals surface area contributed by atoms with Gasteiger partial charge in [0.1, 0.15) is 11.5 Å². The second kappa shape index (κ2) is 8.67. The number of halogens is 5. The van der Waals surface area contributed by atoms with Crippen LogP contribution in [0.5, 0.6) is 0 Å². The lowest BCUT2D eigenvalue weighted by molar-refractivity contribution is -0.138. The van der Waals surface area contributed by atoms with Gasteiger partial charge >= 0.3 is 6.18 Å². The summed E-state index contributed by atoms with van der Waals surface area (Å²) >= 11 is 6.09. The molecule has 0 spiro atoms. The number of rotatable bonds is 4. The summed E-state index contributed by atoms with van der Waals surface area (Å²) in [5, 5.41) is 0.435. The number of benzene rings is 1. The lowest BCUT2D eigenvalue weighted by Gasteiger charge is -2.35. The molecule has 2 N–H and O–H groups in total. The van der Waals surface area contributed by atoms with Crippen LogP contribution in [0.15, 0.2) is 36.5 Å². The molecule has 0 saturated carbocycles. The van der Waals surface area contributed by atoms with Crippen molar-refractivity contribution in [3.05, 3.63) is 64.2 Å². The summed E-state index contributed by atoms with van der Waals surface area (Å²) in [4.78, 5) is 17.6. The third-order valence-electron chi connectivity index (χ3n) is 5.21. The quantitative estimate of drug-likeness (QED) is 0.736. The Labute approximate surface area is 170 Å². The average molecular weight is 430 g/mol. The van der Waals surface area contributed by atoms with E-state index in [1.54, 1.807) is 0 Å². The molecular weight excluding hydrogens is 410 g/mol. The highest BCUT2D eigenvalue weighted by atomic mass is 35.5. The Bertz CT molecular complexity index is 882. The van der Waals surface area contributed by atoms with Crippen LogP contribution in [0.2, 0.25) is 5.02 Å². The fraction of sp³-hybridized carbons (Fsp3) is 0.400. The molecule has 29 heavy (non-hydrogen) atoms. The molecule has 1 aromatic heterocycles. The summed E-state index contributed by atoms with van der Waals surface area (Å²) in [6.07, 6.45) is -2.02. The number of nitrogens with zero attached hydrogens (tertiary/aromatic N) is 2. The highest BCUT2D eigenvalue weighted by molar-refractivity contribution is 6.31. The maximum atomic E-state index is 13.4. The predicted molar refractivity (Wildman–Crippen MR) is 101 cm³/mol. The number of nitrogens with two attached hydrogens (primary N) is 1. The largest absolute Gasteiger partial charge is 0.418 e. The zero-order chi connectivity index (χ0) is 21.2. The van der Waals surface area contributed by atoms with Crippen molar-refractivity contribution < 1.29 is 22.4 Å². The van der Waals surface area contributed by atoms with Crippen molar-refractivity contribution in [2.45, 2.75) is 31.5 Å². The molecule has 9 heteroatoms.